The fourth-order valence-corrected chi connectivity index (χ4v) is 25.1. The number of nitrogens with zero attached hydrogens (tertiary/aromatic N) is 3. The number of hydrogen-bond donors (Lipinski definition) is 0. The molecular weight excluding hydrogens is 427 g/mol. The first-order chi connectivity index (χ1) is 14.0. The summed E-state index contributed by atoms with van der Waals surface area (Å²) in [7, 11) is -8.18. The lowest BCUT2D eigenvalue weighted by Gasteiger charge is -2.62. The smallest absolute Gasteiger partial charge is 0.391 e. The Morgan fingerprint density at radius 3 is 0.700 bits per heavy atom. The molecule has 0 amide bonds. The van der Waals surface area contributed by atoms with Gasteiger partial charge >= 0.3 is 26.2 Å². The monoisotopic (exact) mass is 477 g/mol. The molecule has 0 N–H and O–H groups in total. The summed E-state index contributed by atoms with van der Waals surface area (Å²) < 4.78 is 29.8. The van der Waals surface area contributed by atoms with Crippen LogP contribution in [0.1, 0.15) is 83.1 Å². The Morgan fingerprint density at radius 2 is 0.600 bits per heavy atom. The minimum atomic E-state index is -2.73. The Hall–Kier alpha value is 0.411. The van der Waals surface area contributed by atoms with Crippen LogP contribution in [0.15, 0.2) is 0 Å². The van der Waals surface area contributed by atoms with Gasteiger partial charge in [0.15, 0.2) is 0 Å². The maximum absolute atomic E-state index is 7.41. The Balaban J connectivity index is 3.94. The van der Waals surface area contributed by atoms with Crippen LogP contribution in [0.25, 0.3) is 0 Å². The summed E-state index contributed by atoms with van der Waals surface area (Å²) in [5, 5.41) is 0. The molecular formula is C21H51N3O3Si3. The molecule has 0 aromatic heterocycles. The van der Waals surface area contributed by atoms with Gasteiger partial charge in [0.25, 0.3) is 0 Å². The van der Waals surface area contributed by atoms with E-state index in [1.165, 1.54) is 0 Å². The first kappa shape index (κ1) is 28.4. The van der Waals surface area contributed by atoms with Crippen LogP contribution in [0, 0.1) is 0 Å². The van der Waals surface area contributed by atoms with Gasteiger partial charge in [-0.3, -0.25) is 13.7 Å². The molecule has 30 heavy (non-hydrogen) atoms. The van der Waals surface area contributed by atoms with Crippen LogP contribution < -0.4 is 0 Å². The molecule has 9 heteroatoms. The molecule has 1 fully saturated rings. The van der Waals surface area contributed by atoms with Gasteiger partial charge in [-0.25, -0.2) is 0 Å². The Morgan fingerprint density at radius 1 is 0.433 bits per heavy atom. The minimum Gasteiger partial charge on any atom is -0.391 e. The zero-order chi connectivity index (χ0) is 23.3. The molecule has 1 heterocycles. The fraction of sp³-hybridized carbons (Fsp3) is 1.00. The second-order valence-corrected chi connectivity index (χ2v) is 20.8. The van der Waals surface area contributed by atoms with Gasteiger partial charge in [0.2, 0.25) is 0 Å². The average Bonchev–Trinajstić information content (AvgIpc) is 2.70. The van der Waals surface area contributed by atoms with E-state index in [1.807, 2.05) is 0 Å². The highest BCUT2D eigenvalue weighted by atomic mass is 28.5. The molecule has 0 aliphatic carbocycles. The summed E-state index contributed by atoms with van der Waals surface area (Å²) in [5.41, 5.74) is 0.969. The average molecular weight is 478 g/mol. The van der Waals surface area contributed by atoms with Crippen LogP contribution in [0.5, 0.6) is 0 Å². The lowest BCUT2D eigenvalue weighted by Crippen LogP contribution is -2.84. The van der Waals surface area contributed by atoms with Gasteiger partial charge in [-0.05, 0) is 39.3 Å². The lowest BCUT2D eigenvalue weighted by atomic mass is 10.6. The fourth-order valence-electron chi connectivity index (χ4n) is 4.87. The molecule has 180 valence electrons. The topological polar surface area (TPSA) is 37.4 Å². The van der Waals surface area contributed by atoms with E-state index in [0.29, 0.717) is 16.6 Å². The van der Waals surface area contributed by atoms with Gasteiger partial charge < -0.3 is 12.3 Å². The van der Waals surface area contributed by atoms with E-state index in [-0.39, 0.29) is 0 Å². The second kappa shape index (κ2) is 11.5. The van der Waals surface area contributed by atoms with Crippen LogP contribution in [-0.4, -0.2) is 79.1 Å². The van der Waals surface area contributed by atoms with Crippen LogP contribution >= 0.6 is 0 Å². The summed E-state index contributed by atoms with van der Waals surface area (Å²) >= 11 is 0. The highest BCUT2D eigenvalue weighted by molar-refractivity contribution is 6.93. The highest BCUT2D eigenvalue weighted by Crippen LogP contribution is 2.48. The third kappa shape index (κ3) is 4.84. The van der Waals surface area contributed by atoms with Gasteiger partial charge in [0, 0.05) is 16.6 Å². The first-order valence-corrected chi connectivity index (χ1v) is 17.9. The van der Waals surface area contributed by atoms with Crippen LogP contribution in [-0.2, 0) is 12.3 Å². The third-order valence-corrected chi connectivity index (χ3v) is 22.6. The standard InChI is InChI=1S/C21H51N3O3Si3/c1-13-22(14-2)28(19(7)8)25-29(20(9)10,23(15-3)16-4)27-30(26-28,21(11)12)24(17-5)18-6/h19-21H,13-18H2,1-12H3. The largest absolute Gasteiger partial charge is 0.414 e. The zero-order valence-electron chi connectivity index (χ0n) is 22.0. The van der Waals surface area contributed by atoms with E-state index < -0.39 is 26.2 Å². The van der Waals surface area contributed by atoms with Crippen molar-refractivity contribution < 1.29 is 12.3 Å². The predicted octanol–water partition coefficient (Wildman–Crippen LogP) is 5.12. The maximum Gasteiger partial charge on any atom is 0.414 e. The number of rotatable bonds is 12. The lowest BCUT2D eigenvalue weighted by molar-refractivity contribution is 0.0808. The van der Waals surface area contributed by atoms with Crippen molar-refractivity contribution in [2.75, 3.05) is 39.3 Å². The highest BCUT2D eigenvalue weighted by Gasteiger charge is 2.71. The summed E-state index contributed by atoms with van der Waals surface area (Å²) in [5.74, 6) is 0. The Bertz CT molecular complexity index is 434. The molecule has 0 spiro atoms. The normalized spacial score (nSPS) is 30.6. The summed E-state index contributed by atoms with van der Waals surface area (Å²) in [6, 6.07) is 0. The van der Waals surface area contributed by atoms with Crippen molar-refractivity contribution in [1.29, 1.82) is 0 Å². The summed E-state index contributed by atoms with van der Waals surface area (Å²) in [6.07, 6.45) is 0. The zero-order valence-corrected chi connectivity index (χ0v) is 25.0. The van der Waals surface area contributed by atoms with Gasteiger partial charge in [0.05, 0.1) is 0 Å². The van der Waals surface area contributed by atoms with Gasteiger partial charge in [-0.2, -0.15) is 0 Å². The van der Waals surface area contributed by atoms with E-state index in [9.17, 15) is 0 Å². The Kier molecular flexibility index (Phi) is 10.9. The van der Waals surface area contributed by atoms with Crippen molar-refractivity contribution in [3.63, 3.8) is 0 Å². The van der Waals surface area contributed by atoms with E-state index in [2.05, 4.69) is 96.8 Å². The molecule has 1 aliphatic rings. The van der Waals surface area contributed by atoms with E-state index >= 15 is 0 Å². The quantitative estimate of drug-likeness (QED) is 0.363. The van der Waals surface area contributed by atoms with Gasteiger partial charge in [-0.15, -0.1) is 0 Å². The molecule has 0 atom stereocenters. The molecule has 0 saturated carbocycles. The Labute approximate surface area is 191 Å². The molecule has 0 radical (unpaired) electrons. The maximum atomic E-state index is 7.41. The van der Waals surface area contributed by atoms with E-state index in [1.54, 1.807) is 0 Å². The van der Waals surface area contributed by atoms with E-state index in [4.69, 9.17) is 12.3 Å². The molecule has 1 aliphatic heterocycles. The molecule has 1 rings (SSSR count). The van der Waals surface area contributed by atoms with Gasteiger partial charge in [0.1, 0.15) is 0 Å². The van der Waals surface area contributed by atoms with Crippen molar-refractivity contribution in [3.05, 3.63) is 0 Å². The van der Waals surface area contributed by atoms with E-state index in [0.717, 1.165) is 39.3 Å². The van der Waals surface area contributed by atoms with Crippen molar-refractivity contribution in [2.45, 2.75) is 99.7 Å². The second-order valence-electron chi connectivity index (χ2n) is 9.18. The SMILES string of the molecule is CCN(CC)[Si]1(C(C)C)O[Si](C(C)C)(N(CC)CC)O[Si](C(C)C)(N(CC)CC)O1. The van der Waals surface area contributed by atoms with Crippen LogP contribution in [0.2, 0.25) is 16.6 Å². The predicted molar refractivity (Wildman–Crippen MR) is 135 cm³/mol. The summed E-state index contributed by atoms with van der Waals surface area (Å²) in [6.45, 7) is 33.0. The van der Waals surface area contributed by atoms with Crippen molar-refractivity contribution in [3.8, 4) is 0 Å². The third-order valence-electron chi connectivity index (χ3n) is 6.68. The van der Waals surface area contributed by atoms with Crippen molar-refractivity contribution in [2.24, 2.45) is 0 Å². The molecule has 0 bridgehead atoms. The molecule has 0 aromatic rings. The summed E-state index contributed by atoms with van der Waals surface area (Å²) in [4.78, 5) is 0. The number of hydrogen-bond acceptors (Lipinski definition) is 6. The van der Waals surface area contributed by atoms with Crippen molar-refractivity contribution >= 4 is 26.2 Å². The molecule has 0 aromatic carbocycles. The first-order valence-electron chi connectivity index (χ1n) is 12.4. The minimum absolute atomic E-state index is 0.323. The molecule has 0 unspecified atom stereocenters. The molecule has 1 saturated heterocycles. The molecule has 6 nitrogen and oxygen atoms in total. The van der Waals surface area contributed by atoms with Gasteiger partial charge in [-0.1, -0.05) is 83.1 Å². The van der Waals surface area contributed by atoms with Crippen LogP contribution in [0.4, 0.5) is 0 Å². The van der Waals surface area contributed by atoms with Crippen molar-refractivity contribution in [1.82, 2.24) is 13.7 Å². The van der Waals surface area contributed by atoms with Crippen LogP contribution in [0.3, 0.4) is 0 Å².